The average molecular weight is 415 g/mol. The molecule has 11 heteroatoms. The molecule has 0 aliphatic heterocycles. The van der Waals surface area contributed by atoms with E-state index in [0.29, 0.717) is 5.69 Å². The largest absolute Gasteiger partial charge is 0.386 e. The minimum atomic E-state index is -4.19. The zero-order valence-electron chi connectivity index (χ0n) is 13.7. The molecule has 0 amide bonds. The van der Waals surface area contributed by atoms with Crippen molar-refractivity contribution in [2.45, 2.75) is 9.79 Å². The van der Waals surface area contributed by atoms with Gasteiger partial charge in [-0.3, -0.25) is 4.72 Å². The van der Waals surface area contributed by atoms with Crippen LogP contribution in [0.1, 0.15) is 5.56 Å². The normalized spacial score (nSPS) is 11.6. The molecule has 0 spiro atoms. The fourth-order valence-corrected chi connectivity index (χ4v) is 4.37. The molecule has 2 aromatic rings. The molecule has 2 rings (SSSR count). The number of nitrogens with one attached hydrogen (secondary N) is 3. The molecule has 138 valence electrons. The molecule has 0 atom stereocenters. The van der Waals surface area contributed by atoms with E-state index in [9.17, 15) is 16.8 Å². The van der Waals surface area contributed by atoms with Crippen molar-refractivity contribution in [3.05, 3.63) is 47.0 Å². The zero-order valence-corrected chi connectivity index (χ0v) is 16.1. The van der Waals surface area contributed by atoms with Gasteiger partial charge in [0.2, 0.25) is 10.0 Å². The second kappa shape index (κ2) is 7.51. The highest BCUT2D eigenvalue weighted by molar-refractivity contribution is 7.92. The number of anilines is 2. The van der Waals surface area contributed by atoms with E-state index >= 15 is 0 Å². The van der Waals surface area contributed by atoms with Crippen LogP contribution in [0.3, 0.4) is 0 Å². The van der Waals surface area contributed by atoms with E-state index in [1.165, 1.54) is 37.4 Å². The quantitative estimate of drug-likeness (QED) is 0.662. The van der Waals surface area contributed by atoms with Crippen LogP contribution in [0.4, 0.5) is 11.4 Å². The number of sulfonamides is 2. The van der Waals surface area contributed by atoms with Crippen molar-refractivity contribution >= 4 is 43.0 Å². The molecule has 2 aromatic carbocycles. The van der Waals surface area contributed by atoms with Crippen LogP contribution < -0.4 is 14.8 Å². The zero-order chi connectivity index (χ0) is 19.5. The first-order chi connectivity index (χ1) is 12.1. The third-order valence-electron chi connectivity index (χ3n) is 3.44. The van der Waals surface area contributed by atoms with Gasteiger partial charge in [0.15, 0.2) is 0 Å². The fourth-order valence-electron chi connectivity index (χ4n) is 2.12. The van der Waals surface area contributed by atoms with E-state index in [1.54, 1.807) is 13.1 Å². The van der Waals surface area contributed by atoms with Gasteiger partial charge in [-0.1, -0.05) is 11.6 Å². The molecule has 0 saturated heterocycles. The van der Waals surface area contributed by atoms with Gasteiger partial charge in [0.1, 0.15) is 11.0 Å². The monoisotopic (exact) mass is 414 g/mol. The summed E-state index contributed by atoms with van der Waals surface area (Å²) in [6.07, 6.45) is 0. The van der Waals surface area contributed by atoms with Crippen LogP contribution in [-0.2, 0) is 20.0 Å². The minimum Gasteiger partial charge on any atom is -0.386 e. The van der Waals surface area contributed by atoms with E-state index in [-0.39, 0.29) is 26.1 Å². The molecule has 0 bridgehead atoms. The molecule has 26 heavy (non-hydrogen) atoms. The molecular formula is C15H15ClN4O4S2. The van der Waals surface area contributed by atoms with Crippen molar-refractivity contribution in [3.8, 4) is 6.07 Å². The lowest BCUT2D eigenvalue weighted by molar-refractivity contribution is 0.588. The Balaban J connectivity index is 2.58. The summed E-state index contributed by atoms with van der Waals surface area (Å²) in [4.78, 5) is -0.431. The predicted molar refractivity (Wildman–Crippen MR) is 99.2 cm³/mol. The number of hydrogen-bond donors (Lipinski definition) is 3. The van der Waals surface area contributed by atoms with Crippen LogP contribution in [0.5, 0.6) is 0 Å². The van der Waals surface area contributed by atoms with Gasteiger partial charge >= 0.3 is 0 Å². The van der Waals surface area contributed by atoms with Gasteiger partial charge in [0, 0.05) is 12.1 Å². The second-order valence-electron chi connectivity index (χ2n) is 5.02. The summed E-state index contributed by atoms with van der Waals surface area (Å²) < 4.78 is 53.8. The molecule has 0 fully saturated rings. The van der Waals surface area contributed by atoms with E-state index < -0.39 is 20.0 Å². The molecule has 3 N–H and O–H groups in total. The predicted octanol–water partition coefficient (Wildman–Crippen LogP) is 1.96. The van der Waals surface area contributed by atoms with Gasteiger partial charge in [0.05, 0.1) is 21.8 Å². The fraction of sp³-hybridized carbons (Fsp3) is 0.133. The summed E-state index contributed by atoms with van der Waals surface area (Å²) in [7, 11) is -5.16. The van der Waals surface area contributed by atoms with Crippen LogP contribution in [0.15, 0.2) is 46.2 Å². The summed E-state index contributed by atoms with van der Waals surface area (Å²) in [6.45, 7) is 0. The molecule has 0 radical (unpaired) electrons. The first kappa shape index (κ1) is 20.0. The Morgan fingerprint density at radius 2 is 1.65 bits per heavy atom. The molecule has 0 saturated carbocycles. The SMILES string of the molecule is CNc1ccc(S(=O)(=O)NC)cc1NS(=O)(=O)c1cc(Cl)ccc1C#N. The molecular weight excluding hydrogens is 400 g/mol. The van der Waals surface area contributed by atoms with E-state index in [1.807, 2.05) is 0 Å². The molecule has 0 aliphatic rings. The summed E-state index contributed by atoms with van der Waals surface area (Å²) in [6, 6.07) is 9.55. The van der Waals surface area contributed by atoms with Crippen LogP contribution in [0.2, 0.25) is 5.02 Å². The lowest BCUT2D eigenvalue weighted by Crippen LogP contribution is -2.20. The van der Waals surface area contributed by atoms with Crippen LogP contribution >= 0.6 is 11.6 Å². The maximum Gasteiger partial charge on any atom is 0.263 e. The maximum absolute atomic E-state index is 12.7. The van der Waals surface area contributed by atoms with Gasteiger partial charge in [-0.2, -0.15) is 5.26 Å². The van der Waals surface area contributed by atoms with Crippen LogP contribution in [-0.4, -0.2) is 30.9 Å². The first-order valence-corrected chi connectivity index (χ1v) is 10.5. The van der Waals surface area contributed by atoms with Gasteiger partial charge in [-0.15, -0.1) is 0 Å². The van der Waals surface area contributed by atoms with Gasteiger partial charge < -0.3 is 5.32 Å². The highest BCUT2D eigenvalue weighted by Gasteiger charge is 2.22. The van der Waals surface area contributed by atoms with Crippen molar-refractivity contribution in [2.75, 3.05) is 24.1 Å². The van der Waals surface area contributed by atoms with Gasteiger partial charge in [0.25, 0.3) is 10.0 Å². The molecule has 0 unspecified atom stereocenters. The first-order valence-electron chi connectivity index (χ1n) is 7.12. The summed E-state index contributed by atoms with van der Waals surface area (Å²) in [5.41, 5.74) is 0.267. The standard InChI is InChI=1S/C15H15ClN4O4S2/c1-18-13-6-5-12(25(21,22)19-2)8-14(13)20-26(23,24)15-7-11(16)4-3-10(15)9-17/h3-8,18-20H,1-2H3. The Hall–Kier alpha value is -2.32. The number of nitrogens with zero attached hydrogens (tertiary/aromatic N) is 1. The van der Waals surface area contributed by atoms with Crippen molar-refractivity contribution in [2.24, 2.45) is 0 Å². The second-order valence-corrected chi connectivity index (χ2v) is 9.00. The van der Waals surface area contributed by atoms with Crippen molar-refractivity contribution in [1.82, 2.24) is 4.72 Å². The summed E-state index contributed by atoms with van der Waals surface area (Å²) in [5.74, 6) is 0. The van der Waals surface area contributed by atoms with Crippen molar-refractivity contribution < 1.29 is 16.8 Å². The smallest absolute Gasteiger partial charge is 0.263 e. The topological polar surface area (TPSA) is 128 Å². The van der Waals surface area contributed by atoms with Crippen molar-refractivity contribution in [1.29, 1.82) is 5.26 Å². The molecule has 0 heterocycles. The Kier molecular flexibility index (Phi) is 5.77. The number of hydrogen-bond acceptors (Lipinski definition) is 6. The Bertz CT molecular complexity index is 1090. The molecule has 0 aromatic heterocycles. The Labute approximate surface area is 156 Å². The maximum atomic E-state index is 12.7. The molecule has 0 aliphatic carbocycles. The van der Waals surface area contributed by atoms with E-state index in [2.05, 4.69) is 14.8 Å². The highest BCUT2D eigenvalue weighted by atomic mass is 35.5. The summed E-state index contributed by atoms with van der Waals surface area (Å²) in [5, 5.41) is 12.1. The Morgan fingerprint density at radius 3 is 2.23 bits per heavy atom. The van der Waals surface area contributed by atoms with Crippen LogP contribution in [0.25, 0.3) is 0 Å². The van der Waals surface area contributed by atoms with Crippen molar-refractivity contribution in [3.63, 3.8) is 0 Å². The number of rotatable bonds is 6. The third kappa shape index (κ3) is 4.08. The van der Waals surface area contributed by atoms with Crippen LogP contribution in [0, 0.1) is 11.3 Å². The minimum absolute atomic E-state index is 0.00712. The third-order valence-corrected chi connectivity index (χ3v) is 6.49. The van der Waals surface area contributed by atoms with Gasteiger partial charge in [-0.25, -0.2) is 21.6 Å². The number of nitriles is 1. The van der Waals surface area contributed by atoms with Gasteiger partial charge in [-0.05, 0) is 43.4 Å². The highest BCUT2D eigenvalue weighted by Crippen LogP contribution is 2.29. The lowest BCUT2D eigenvalue weighted by atomic mass is 10.2. The number of halogens is 1. The molecule has 8 nitrogen and oxygen atoms in total. The lowest BCUT2D eigenvalue weighted by Gasteiger charge is -2.15. The Morgan fingerprint density at radius 1 is 0.962 bits per heavy atom. The van der Waals surface area contributed by atoms with E-state index in [0.717, 1.165) is 6.07 Å². The number of benzene rings is 2. The summed E-state index contributed by atoms with van der Waals surface area (Å²) >= 11 is 5.84. The van der Waals surface area contributed by atoms with E-state index in [4.69, 9.17) is 16.9 Å². The average Bonchev–Trinajstić information content (AvgIpc) is 2.61.